The van der Waals surface area contributed by atoms with E-state index < -0.39 is 5.54 Å². The Bertz CT molecular complexity index is 838. The van der Waals surface area contributed by atoms with Crippen LogP contribution in [0.3, 0.4) is 0 Å². The van der Waals surface area contributed by atoms with Crippen LogP contribution in [-0.2, 0) is 20.9 Å². The van der Waals surface area contributed by atoms with Crippen LogP contribution < -0.4 is 10.6 Å². The number of hydrogen-bond donors (Lipinski definition) is 2. The Morgan fingerprint density at radius 1 is 1.33 bits per heavy atom. The molecule has 0 aliphatic carbocycles. The van der Waals surface area contributed by atoms with Crippen LogP contribution in [0, 0.1) is 24.6 Å². The van der Waals surface area contributed by atoms with Crippen LogP contribution >= 0.6 is 0 Å². The van der Waals surface area contributed by atoms with Gasteiger partial charge in [-0.3, -0.25) is 14.5 Å². The van der Waals surface area contributed by atoms with Crippen molar-refractivity contribution in [2.24, 2.45) is 11.8 Å². The third-order valence-corrected chi connectivity index (χ3v) is 6.92. The van der Waals surface area contributed by atoms with Gasteiger partial charge in [0, 0.05) is 44.9 Å². The lowest BCUT2D eigenvalue weighted by Gasteiger charge is -2.31. The number of carbonyl (C=O) groups is 2. The van der Waals surface area contributed by atoms with Gasteiger partial charge in [0.05, 0.1) is 11.7 Å². The second kappa shape index (κ2) is 7.61. The van der Waals surface area contributed by atoms with Gasteiger partial charge in [-0.15, -0.1) is 0 Å². The first-order valence-electron chi connectivity index (χ1n) is 10.8. The fourth-order valence-electron chi connectivity index (χ4n) is 5.77. The van der Waals surface area contributed by atoms with Crippen molar-refractivity contribution in [3.63, 3.8) is 0 Å². The van der Waals surface area contributed by atoms with Crippen molar-refractivity contribution in [3.8, 4) is 0 Å². The van der Waals surface area contributed by atoms with Gasteiger partial charge in [-0.25, -0.2) is 4.39 Å². The maximum Gasteiger partial charge on any atom is 0.245 e. The Morgan fingerprint density at radius 3 is 2.80 bits per heavy atom. The molecular weight excluding hydrogens is 385 g/mol. The van der Waals surface area contributed by atoms with Crippen molar-refractivity contribution in [3.05, 3.63) is 35.1 Å². The van der Waals surface area contributed by atoms with Crippen LogP contribution in [-0.4, -0.2) is 53.6 Å². The van der Waals surface area contributed by atoms with Crippen molar-refractivity contribution in [2.45, 2.75) is 64.3 Å². The molecule has 6 nitrogen and oxygen atoms in total. The Kier molecular flexibility index (Phi) is 5.39. The minimum absolute atomic E-state index is 0.143. The van der Waals surface area contributed by atoms with Gasteiger partial charge in [-0.05, 0) is 56.9 Å². The summed E-state index contributed by atoms with van der Waals surface area (Å²) in [7, 11) is 0. The average molecular weight is 418 g/mol. The number of likely N-dealkylation sites (tertiary alicyclic amines) is 1. The summed E-state index contributed by atoms with van der Waals surface area (Å²) in [5, 5.41) is 5.74. The zero-order chi connectivity index (χ0) is 21.7. The van der Waals surface area contributed by atoms with E-state index in [-0.39, 0.29) is 35.3 Å². The molecule has 2 amide bonds. The molecule has 3 saturated heterocycles. The first-order valence-corrected chi connectivity index (χ1v) is 10.8. The highest BCUT2D eigenvalue weighted by molar-refractivity contribution is 5.90. The average Bonchev–Trinajstić information content (AvgIpc) is 3.25. The molecule has 1 aromatic carbocycles. The van der Waals surface area contributed by atoms with Crippen molar-refractivity contribution in [1.82, 2.24) is 15.5 Å². The van der Waals surface area contributed by atoms with Gasteiger partial charge < -0.3 is 15.4 Å². The van der Waals surface area contributed by atoms with Crippen LogP contribution in [0.4, 0.5) is 4.39 Å². The Balaban J connectivity index is 1.40. The molecule has 0 radical (unpaired) electrons. The van der Waals surface area contributed by atoms with Crippen LogP contribution in [0.2, 0.25) is 0 Å². The summed E-state index contributed by atoms with van der Waals surface area (Å²) in [6.07, 6.45) is 2.24. The van der Waals surface area contributed by atoms with Gasteiger partial charge in [-0.1, -0.05) is 6.07 Å². The molecule has 2 N–H and O–H groups in total. The molecule has 0 unspecified atom stereocenters. The minimum atomic E-state index is -0.945. The number of benzene rings is 1. The van der Waals surface area contributed by atoms with Gasteiger partial charge >= 0.3 is 0 Å². The van der Waals surface area contributed by atoms with Crippen LogP contribution in [0.5, 0.6) is 0 Å². The number of fused-ring (bicyclic) bond motifs is 1. The molecule has 30 heavy (non-hydrogen) atoms. The molecule has 1 aromatic rings. The van der Waals surface area contributed by atoms with Crippen molar-refractivity contribution < 1.29 is 18.7 Å². The fourth-order valence-corrected chi connectivity index (χ4v) is 5.77. The van der Waals surface area contributed by atoms with E-state index in [0.717, 1.165) is 37.1 Å². The van der Waals surface area contributed by atoms with Gasteiger partial charge in [0.2, 0.25) is 11.8 Å². The number of hydrogen-bond acceptors (Lipinski definition) is 4. The van der Waals surface area contributed by atoms with Crippen molar-refractivity contribution >= 4 is 11.8 Å². The number of halogens is 1. The predicted octanol–water partition coefficient (Wildman–Crippen LogP) is 2.14. The number of nitrogens with one attached hydrogen (secondary N) is 2. The van der Waals surface area contributed by atoms with Crippen LogP contribution in [0.15, 0.2) is 18.2 Å². The molecule has 3 aliphatic rings. The standard InChI is InChI=1S/C23H32FN3O3/c1-14-7-16(9-17(24)8-14)11-27-12-19-18(20-5-6-23(19,13-27)30-20)10-25-21(29)22(3,4)26-15(2)28/h7-9,18-20H,5-6,10-13H2,1-4H3,(H,25,29)(H,26,28)/t18-,19+,20+,23+/m0/s1. The molecule has 4 rings (SSSR count). The number of ether oxygens (including phenoxy) is 1. The van der Waals surface area contributed by atoms with E-state index in [4.69, 9.17) is 4.74 Å². The molecule has 3 fully saturated rings. The lowest BCUT2D eigenvalue weighted by molar-refractivity contribution is -0.131. The third-order valence-electron chi connectivity index (χ3n) is 6.92. The smallest absolute Gasteiger partial charge is 0.245 e. The van der Waals surface area contributed by atoms with E-state index in [1.165, 1.54) is 6.92 Å². The summed E-state index contributed by atoms with van der Waals surface area (Å²) in [6, 6.07) is 5.20. The fraction of sp³-hybridized carbons (Fsp3) is 0.652. The quantitative estimate of drug-likeness (QED) is 0.744. The first-order chi connectivity index (χ1) is 14.1. The Labute approximate surface area is 177 Å². The van der Waals surface area contributed by atoms with E-state index in [9.17, 15) is 14.0 Å². The summed E-state index contributed by atoms with van der Waals surface area (Å²) in [6.45, 7) is 9.74. The maximum atomic E-state index is 13.8. The summed E-state index contributed by atoms with van der Waals surface area (Å²) in [4.78, 5) is 26.3. The number of amides is 2. The Hall–Kier alpha value is -1.99. The van der Waals surface area contributed by atoms with Crippen molar-refractivity contribution in [1.29, 1.82) is 0 Å². The van der Waals surface area contributed by atoms with Crippen LogP contribution in [0.1, 0.15) is 44.7 Å². The lowest BCUT2D eigenvalue weighted by Crippen LogP contribution is -2.55. The molecule has 7 heteroatoms. The topological polar surface area (TPSA) is 70.7 Å². The van der Waals surface area contributed by atoms with Gasteiger partial charge in [0.25, 0.3) is 0 Å². The second-order valence-corrected chi connectivity index (χ2v) is 9.85. The van der Waals surface area contributed by atoms with E-state index in [0.29, 0.717) is 19.0 Å². The summed E-state index contributed by atoms with van der Waals surface area (Å²) >= 11 is 0. The molecule has 1 spiro atoms. The molecule has 2 bridgehead atoms. The number of nitrogens with zero attached hydrogens (tertiary/aromatic N) is 1. The predicted molar refractivity (Wildman–Crippen MR) is 111 cm³/mol. The number of carbonyl (C=O) groups excluding carboxylic acids is 2. The van der Waals surface area contributed by atoms with Crippen LogP contribution in [0.25, 0.3) is 0 Å². The second-order valence-electron chi connectivity index (χ2n) is 9.85. The minimum Gasteiger partial charge on any atom is -0.370 e. The summed E-state index contributed by atoms with van der Waals surface area (Å²) in [5.74, 6) is 0.0169. The maximum absolute atomic E-state index is 13.8. The number of rotatable bonds is 6. The van der Waals surface area contributed by atoms with E-state index in [1.54, 1.807) is 26.0 Å². The third kappa shape index (κ3) is 3.97. The van der Waals surface area contributed by atoms with E-state index in [2.05, 4.69) is 15.5 Å². The molecule has 3 aliphatic heterocycles. The van der Waals surface area contributed by atoms with Gasteiger partial charge in [0.1, 0.15) is 11.4 Å². The zero-order valence-electron chi connectivity index (χ0n) is 18.3. The lowest BCUT2D eigenvalue weighted by atomic mass is 9.73. The normalized spacial score (nSPS) is 30.4. The first kappa shape index (κ1) is 21.2. The zero-order valence-corrected chi connectivity index (χ0v) is 18.3. The van der Waals surface area contributed by atoms with E-state index >= 15 is 0 Å². The highest BCUT2D eigenvalue weighted by Gasteiger charge is 2.62. The highest BCUT2D eigenvalue weighted by Crippen LogP contribution is 2.54. The monoisotopic (exact) mass is 417 g/mol. The molecule has 164 valence electrons. The summed E-state index contributed by atoms with van der Waals surface area (Å²) in [5.41, 5.74) is 0.830. The molecular formula is C23H32FN3O3. The SMILES string of the molecule is CC(=O)NC(C)(C)C(=O)NC[C@H]1[C@H]2CN(Cc3cc(C)cc(F)c3)C[C@]23CC[C@H]1O3. The number of aryl methyl sites for hydroxylation is 1. The van der Waals surface area contributed by atoms with E-state index in [1.807, 2.05) is 13.0 Å². The molecule has 0 saturated carbocycles. The highest BCUT2D eigenvalue weighted by atomic mass is 19.1. The molecule has 3 heterocycles. The van der Waals surface area contributed by atoms with Crippen molar-refractivity contribution in [2.75, 3.05) is 19.6 Å². The largest absolute Gasteiger partial charge is 0.370 e. The molecule has 0 aromatic heterocycles. The van der Waals surface area contributed by atoms with Gasteiger partial charge in [0.15, 0.2) is 0 Å². The summed E-state index contributed by atoms with van der Waals surface area (Å²) < 4.78 is 20.2. The molecule has 4 atom stereocenters. The Morgan fingerprint density at radius 2 is 2.10 bits per heavy atom. The van der Waals surface area contributed by atoms with Gasteiger partial charge in [-0.2, -0.15) is 0 Å².